The molecule has 0 fully saturated rings. The summed E-state index contributed by atoms with van der Waals surface area (Å²) in [5, 5.41) is 2.91. The van der Waals surface area contributed by atoms with Crippen molar-refractivity contribution < 1.29 is 4.79 Å². The molecule has 0 saturated heterocycles. The summed E-state index contributed by atoms with van der Waals surface area (Å²) in [6.07, 6.45) is 4.06. The first kappa shape index (κ1) is 15.4. The SMILES string of the molecule is CC(CCN)CCC(=O)Nc1cccnc1N(C)C. The van der Waals surface area contributed by atoms with Gasteiger partial charge in [0.15, 0.2) is 5.82 Å². The maximum absolute atomic E-state index is 11.9. The molecule has 106 valence electrons. The number of rotatable bonds is 7. The van der Waals surface area contributed by atoms with Crippen LogP contribution in [-0.2, 0) is 4.79 Å². The lowest BCUT2D eigenvalue weighted by atomic mass is 10.0. The summed E-state index contributed by atoms with van der Waals surface area (Å²) in [7, 11) is 3.81. The van der Waals surface area contributed by atoms with Crippen molar-refractivity contribution in [2.24, 2.45) is 11.7 Å². The number of carbonyl (C=O) groups is 1. The Morgan fingerprint density at radius 2 is 2.21 bits per heavy atom. The smallest absolute Gasteiger partial charge is 0.224 e. The molecule has 3 N–H and O–H groups in total. The largest absolute Gasteiger partial charge is 0.361 e. The molecule has 1 atom stereocenters. The highest BCUT2D eigenvalue weighted by atomic mass is 16.1. The van der Waals surface area contributed by atoms with Crippen LogP contribution < -0.4 is 16.0 Å². The summed E-state index contributed by atoms with van der Waals surface area (Å²) in [6, 6.07) is 3.68. The highest BCUT2D eigenvalue weighted by Crippen LogP contribution is 2.21. The molecule has 0 radical (unpaired) electrons. The van der Waals surface area contributed by atoms with Crippen molar-refractivity contribution in [2.75, 3.05) is 30.9 Å². The van der Waals surface area contributed by atoms with Crippen molar-refractivity contribution in [1.82, 2.24) is 4.98 Å². The zero-order valence-corrected chi connectivity index (χ0v) is 12.0. The fraction of sp³-hybridized carbons (Fsp3) is 0.571. The number of amides is 1. The number of nitrogens with one attached hydrogen (secondary N) is 1. The maximum atomic E-state index is 11.9. The predicted molar refractivity (Wildman–Crippen MR) is 79.3 cm³/mol. The van der Waals surface area contributed by atoms with Crippen molar-refractivity contribution in [3.8, 4) is 0 Å². The van der Waals surface area contributed by atoms with Gasteiger partial charge in [-0.05, 0) is 37.4 Å². The van der Waals surface area contributed by atoms with Gasteiger partial charge in [0.1, 0.15) is 0 Å². The molecule has 0 aliphatic heterocycles. The number of nitrogens with zero attached hydrogens (tertiary/aromatic N) is 2. The van der Waals surface area contributed by atoms with Crippen molar-refractivity contribution in [3.05, 3.63) is 18.3 Å². The lowest BCUT2D eigenvalue weighted by molar-refractivity contribution is -0.116. The Morgan fingerprint density at radius 1 is 1.47 bits per heavy atom. The van der Waals surface area contributed by atoms with Crippen molar-refractivity contribution in [3.63, 3.8) is 0 Å². The molecule has 0 bridgehead atoms. The van der Waals surface area contributed by atoms with Crippen molar-refractivity contribution in [1.29, 1.82) is 0 Å². The number of hydrogen-bond acceptors (Lipinski definition) is 4. The number of hydrogen-bond donors (Lipinski definition) is 2. The number of carbonyl (C=O) groups excluding carboxylic acids is 1. The average Bonchev–Trinajstić information content (AvgIpc) is 2.37. The van der Waals surface area contributed by atoms with Crippen molar-refractivity contribution >= 4 is 17.4 Å². The minimum absolute atomic E-state index is 0.0278. The van der Waals surface area contributed by atoms with Crippen LogP contribution in [0, 0.1) is 5.92 Å². The molecule has 0 aliphatic carbocycles. The summed E-state index contributed by atoms with van der Waals surface area (Å²) < 4.78 is 0. The molecule has 1 rings (SSSR count). The number of nitrogens with two attached hydrogens (primary N) is 1. The van der Waals surface area contributed by atoms with E-state index in [1.165, 1.54) is 0 Å². The third kappa shape index (κ3) is 5.26. The molecule has 19 heavy (non-hydrogen) atoms. The van der Waals surface area contributed by atoms with E-state index in [4.69, 9.17) is 5.73 Å². The zero-order valence-electron chi connectivity index (χ0n) is 12.0. The van der Waals surface area contributed by atoms with Crippen LogP contribution in [0.3, 0.4) is 0 Å². The van der Waals surface area contributed by atoms with Gasteiger partial charge in [-0.1, -0.05) is 6.92 Å². The normalized spacial score (nSPS) is 12.0. The number of aromatic nitrogens is 1. The third-order valence-corrected chi connectivity index (χ3v) is 3.01. The molecular weight excluding hydrogens is 240 g/mol. The van der Waals surface area contributed by atoms with Gasteiger partial charge < -0.3 is 16.0 Å². The van der Waals surface area contributed by atoms with Gasteiger partial charge in [0, 0.05) is 26.7 Å². The van der Waals surface area contributed by atoms with Crippen LogP contribution in [0.25, 0.3) is 0 Å². The molecule has 1 amide bonds. The molecule has 0 spiro atoms. The minimum Gasteiger partial charge on any atom is -0.361 e. The van der Waals surface area contributed by atoms with E-state index in [-0.39, 0.29) is 5.91 Å². The molecule has 0 aromatic carbocycles. The summed E-state index contributed by atoms with van der Waals surface area (Å²) >= 11 is 0. The molecule has 1 unspecified atom stereocenters. The van der Waals surface area contributed by atoms with E-state index in [0.29, 0.717) is 18.9 Å². The fourth-order valence-corrected chi connectivity index (χ4v) is 1.87. The summed E-state index contributed by atoms with van der Waals surface area (Å²) in [5.74, 6) is 1.28. The van der Waals surface area contributed by atoms with Gasteiger partial charge in [0.2, 0.25) is 5.91 Å². The minimum atomic E-state index is 0.0278. The summed E-state index contributed by atoms with van der Waals surface area (Å²) in [6.45, 7) is 2.80. The van der Waals surface area contributed by atoms with Crippen LogP contribution in [0.1, 0.15) is 26.2 Å². The number of anilines is 2. The Hall–Kier alpha value is -1.62. The Morgan fingerprint density at radius 3 is 2.84 bits per heavy atom. The van der Waals surface area contributed by atoms with Crippen LogP contribution in [-0.4, -0.2) is 31.5 Å². The lowest BCUT2D eigenvalue weighted by Gasteiger charge is -2.16. The first-order valence-electron chi connectivity index (χ1n) is 6.66. The van der Waals surface area contributed by atoms with Crippen LogP contribution in [0.15, 0.2) is 18.3 Å². The Kier molecular flexibility index (Phi) is 6.29. The lowest BCUT2D eigenvalue weighted by Crippen LogP contribution is -2.18. The topological polar surface area (TPSA) is 71.2 Å². The summed E-state index contributed by atoms with van der Waals surface area (Å²) in [5.41, 5.74) is 6.25. The molecule has 5 nitrogen and oxygen atoms in total. The average molecular weight is 264 g/mol. The highest BCUT2D eigenvalue weighted by Gasteiger charge is 2.10. The van der Waals surface area contributed by atoms with Gasteiger partial charge in [0.05, 0.1) is 5.69 Å². The van der Waals surface area contributed by atoms with Gasteiger partial charge in [0.25, 0.3) is 0 Å². The molecular formula is C14H24N4O. The second-order valence-electron chi connectivity index (χ2n) is 5.04. The summed E-state index contributed by atoms with van der Waals surface area (Å²) in [4.78, 5) is 18.0. The second kappa shape index (κ2) is 7.74. The van der Waals surface area contributed by atoms with E-state index >= 15 is 0 Å². The standard InChI is InChI=1S/C14H24N4O/c1-11(8-9-15)6-7-13(19)17-12-5-4-10-16-14(12)18(2)3/h4-5,10-11H,6-9,15H2,1-3H3,(H,17,19). The van der Waals surface area contributed by atoms with Gasteiger partial charge in [-0.2, -0.15) is 0 Å². The molecule has 1 aromatic rings. The molecule has 1 aromatic heterocycles. The van der Waals surface area contributed by atoms with Gasteiger partial charge in [-0.3, -0.25) is 4.79 Å². The Labute approximate surface area is 115 Å². The van der Waals surface area contributed by atoms with E-state index in [1.54, 1.807) is 6.20 Å². The predicted octanol–water partition coefficient (Wildman–Crippen LogP) is 1.85. The molecule has 1 heterocycles. The van der Waals surface area contributed by atoms with E-state index in [2.05, 4.69) is 17.2 Å². The zero-order chi connectivity index (χ0) is 14.3. The first-order valence-corrected chi connectivity index (χ1v) is 6.66. The van der Waals surface area contributed by atoms with E-state index in [1.807, 2.05) is 31.1 Å². The monoisotopic (exact) mass is 264 g/mol. The van der Waals surface area contributed by atoms with Crippen LogP contribution >= 0.6 is 0 Å². The van der Waals surface area contributed by atoms with Crippen LogP contribution in [0.4, 0.5) is 11.5 Å². The fourth-order valence-electron chi connectivity index (χ4n) is 1.87. The third-order valence-electron chi connectivity index (χ3n) is 3.01. The second-order valence-corrected chi connectivity index (χ2v) is 5.04. The Balaban J connectivity index is 2.53. The number of pyridine rings is 1. The van der Waals surface area contributed by atoms with Crippen LogP contribution in [0.2, 0.25) is 0 Å². The highest BCUT2D eigenvalue weighted by molar-refractivity contribution is 5.93. The van der Waals surface area contributed by atoms with E-state index in [9.17, 15) is 4.79 Å². The van der Waals surface area contributed by atoms with Crippen LogP contribution in [0.5, 0.6) is 0 Å². The quantitative estimate of drug-likeness (QED) is 0.788. The van der Waals surface area contributed by atoms with Gasteiger partial charge in [-0.15, -0.1) is 0 Å². The van der Waals surface area contributed by atoms with E-state index in [0.717, 1.165) is 24.3 Å². The first-order chi connectivity index (χ1) is 9.04. The maximum Gasteiger partial charge on any atom is 0.224 e. The van der Waals surface area contributed by atoms with E-state index < -0.39 is 0 Å². The van der Waals surface area contributed by atoms with Gasteiger partial charge in [-0.25, -0.2) is 4.98 Å². The molecule has 0 aliphatic rings. The Bertz CT molecular complexity index is 406. The van der Waals surface area contributed by atoms with Crippen molar-refractivity contribution in [2.45, 2.75) is 26.2 Å². The molecule has 5 heteroatoms. The molecule has 0 saturated carbocycles. The van der Waals surface area contributed by atoms with Gasteiger partial charge >= 0.3 is 0 Å².